The summed E-state index contributed by atoms with van der Waals surface area (Å²) in [6, 6.07) is 8.84. The van der Waals surface area contributed by atoms with Crippen molar-refractivity contribution in [2.45, 2.75) is 24.7 Å². The van der Waals surface area contributed by atoms with Crippen LogP contribution in [0.2, 0.25) is 10.0 Å². The predicted octanol–water partition coefficient (Wildman–Crippen LogP) is 5.79. The quantitative estimate of drug-likeness (QED) is 0.274. The number of anilines is 1. The van der Waals surface area contributed by atoms with E-state index in [1.165, 1.54) is 37.1 Å². The number of benzene rings is 2. The summed E-state index contributed by atoms with van der Waals surface area (Å²) in [5.41, 5.74) is 0.474. The fraction of sp³-hybridized carbons (Fsp3) is 0.227. The standard InChI is InChI=1S/C22H21Cl2FN4O3S/c1-4-9-29-21(13(2)32-18-8-6-15(25)11-16(18)24)27-28-22(29)33-12-20(30)26-17-10-14(23)5-7-19(17)31-3/h4-8,10-11,13H,1,9,12H2,2-3H3,(H,26,30). The van der Waals surface area contributed by atoms with Crippen LogP contribution in [-0.2, 0) is 11.3 Å². The molecular weight excluding hydrogens is 490 g/mol. The van der Waals surface area contributed by atoms with Gasteiger partial charge in [0.15, 0.2) is 17.1 Å². The van der Waals surface area contributed by atoms with Gasteiger partial charge in [-0.3, -0.25) is 9.36 Å². The summed E-state index contributed by atoms with van der Waals surface area (Å²) in [5.74, 6) is 0.682. The van der Waals surface area contributed by atoms with Crippen LogP contribution in [0.3, 0.4) is 0 Å². The van der Waals surface area contributed by atoms with E-state index in [0.717, 1.165) is 0 Å². The van der Waals surface area contributed by atoms with Crippen LogP contribution < -0.4 is 14.8 Å². The molecule has 1 atom stereocenters. The highest BCUT2D eigenvalue weighted by Gasteiger charge is 2.21. The van der Waals surface area contributed by atoms with Gasteiger partial charge in [-0.05, 0) is 43.3 Å². The number of hydrogen-bond acceptors (Lipinski definition) is 6. The van der Waals surface area contributed by atoms with Crippen molar-refractivity contribution in [2.75, 3.05) is 18.2 Å². The molecule has 1 amide bonds. The molecule has 1 N–H and O–H groups in total. The largest absolute Gasteiger partial charge is 0.495 e. The number of carbonyl (C=O) groups excluding carboxylic acids is 1. The van der Waals surface area contributed by atoms with E-state index in [1.54, 1.807) is 35.8 Å². The third-order valence-electron chi connectivity index (χ3n) is 4.39. The summed E-state index contributed by atoms with van der Waals surface area (Å²) in [5, 5.41) is 12.3. The molecule has 3 aromatic rings. The van der Waals surface area contributed by atoms with Crippen LogP contribution in [0.15, 0.2) is 54.2 Å². The molecule has 174 valence electrons. The molecule has 0 aliphatic rings. The first kappa shape index (κ1) is 24.9. The molecular formula is C22H21Cl2FN4O3S. The molecule has 1 unspecified atom stereocenters. The first-order valence-corrected chi connectivity index (χ1v) is 11.5. The number of methoxy groups -OCH3 is 1. The zero-order valence-electron chi connectivity index (χ0n) is 17.8. The number of halogens is 3. The Balaban J connectivity index is 1.70. The van der Waals surface area contributed by atoms with Crippen LogP contribution in [0.25, 0.3) is 0 Å². The Morgan fingerprint density at radius 1 is 1.27 bits per heavy atom. The Morgan fingerprint density at radius 3 is 2.73 bits per heavy atom. The molecule has 0 aliphatic carbocycles. The van der Waals surface area contributed by atoms with Crippen LogP contribution in [0.1, 0.15) is 18.9 Å². The number of ether oxygens (including phenoxy) is 2. The van der Waals surface area contributed by atoms with Crippen LogP contribution in [0.5, 0.6) is 11.5 Å². The summed E-state index contributed by atoms with van der Waals surface area (Å²) < 4.78 is 26.2. The Kier molecular flexibility index (Phi) is 8.60. The van der Waals surface area contributed by atoms with Crippen molar-refractivity contribution >= 4 is 46.6 Å². The SMILES string of the molecule is C=CCn1c(SCC(=O)Nc2cc(Cl)ccc2OC)nnc1C(C)Oc1ccc(F)cc1Cl. The minimum Gasteiger partial charge on any atom is -0.495 e. The molecule has 0 bridgehead atoms. The van der Waals surface area contributed by atoms with E-state index in [-0.39, 0.29) is 16.7 Å². The summed E-state index contributed by atoms with van der Waals surface area (Å²) in [6.45, 7) is 5.94. The van der Waals surface area contributed by atoms with Gasteiger partial charge in [0.05, 0.1) is 23.6 Å². The fourth-order valence-electron chi connectivity index (χ4n) is 2.92. The van der Waals surface area contributed by atoms with Gasteiger partial charge in [-0.25, -0.2) is 4.39 Å². The van der Waals surface area contributed by atoms with Crippen molar-refractivity contribution in [2.24, 2.45) is 0 Å². The zero-order valence-corrected chi connectivity index (χ0v) is 20.2. The first-order valence-electron chi connectivity index (χ1n) is 9.74. The molecule has 0 spiro atoms. The van der Waals surface area contributed by atoms with E-state index in [2.05, 4.69) is 22.1 Å². The molecule has 1 heterocycles. The Morgan fingerprint density at radius 2 is 2.03 bits per heavy atom. The summed E-state index contributed by atoms with van der Waals surface area (Å²) in [6.07, 6.45) is 1.14. The van der Waals surface area contributed by atoms with Gasteiger partial charge in [-0.2, -0.15) is 0 Å². The average molecular weight is 511 g/mol. The van der Waals surface area contributed by atoms with Crippen molar-refractivity contribution in [3.05, 3.63) is 70.7 Å². The second-order valence-electron chi connectivity index (χ2n) is 6.76. The van der Waals surface area contributed by atoms with Crippen molar-refractivity contribution in [1.82, 2.24) is 14.8 Å². The van der Waals surface area contributed by atoms with Crippen LogP contribution >= 0.6 is 35.0 Å². The third kappa shape index (κ3) is 6.40. The maximum absolute atomic E-state index is 13.3. The van der Waals surface area contributed by atoms with Gasteiger partial charge in [0, 0.05) is 11.6 Å². The number of rotatable bonds is 10. The summed E-state index contributed by atoms with van der Waals surface area (Å²) in [7, 11) is 1.51. The molecule has 2 aromatic carbocycles. The molecule has 11 heteroatoms. The highest BCUT2D eigenvalue weighted by Crippen LogP contribution is 2.31. The van der Waals surface area contributed by atoms with Crippen LogP contribution in [-0.4, -0.2) is 33.5 Å². The highest BCUT2D eigenvalue weighted by molar-refractivity contribution is 7.99. The molecule has 0 aliphatic heterocycles. The molecule has 1 aromatic heterocycles. The van der Waals surface area contributed by atoms with E-state index in [9.17, 15) is 9.18 Å². The number of carbonyl (C=O) groups is 1. The van der Waals surface area contributed by atoms with Gasteiger partial charge >= 0.3 is 0 Å². The van der Waals surface area contributed by atoms with Gasteiger partial charge in [0.2, 0.25) is 5.91 Å². The number of amides is 1. The third-order valence-corrected chi connectivity index (χ3v) is 5.88. The Hall–Kier alpha value is -2.75. The monoisotopic (exact) mass is 510 g/mol. The van der Waals surface area contributed by atoms with Crippen molar-refractivity contribution in [1.29, 1.82) is 0 Å². The number of hydrogen-bond donors (Lipinski definition) is 1. The Bertz CT molecular complexity index is 1160. The van der Waals surface area contributed by atoms with Gasteiger partial charge in [0.25, 0.3) is 0 Å². The molecule has 0 saturated carbocycles. The second-order valence-corrected chi connectivity index (χ2v) is 8.54. The van der Waals surface area contributed by atoms with E-state index in [1.807, 2.05) is 0 Å². The van der Waals surface area contributed by atoms with Gasteiger partial charge in [-0.1, -0.05) is 41.0 Å². The lowest BCUT2D eigenvalue weighted by Crippen LogP contribution is -2.16. The molecule has 33 heavy (non-hydrogen) atoms. The smallest absolute Gasteiger partial charge is 0.234 e. The minimum absolute atomic E-state index is 0.0734. The van der Waals surface area contributed by atoms with Gasteiger partial charge in [-0.15, -0.1) is 16.8 Å². The van der Waals surface area contributed by atoms with E-state index in [0.29, 0.717) is 39.7 Å². The topological polar surface area (TPSA) is 78.3 Å². The lowest BCUT2D eigenvalue weighted by atomic mass is 10.3. The number of aromatic nitrogens is 3. The molecule has 0 radical (unpaired) electrons. The van der Waals surface area contributed by atoms with Gasteiger partial charge in [0.1, 0.15) is 17.3 Å². The number of nitrogens with zero attached hydrogens (tertiary/aromatic N) is 3. The number of allylic oxidation sites excluding steroid dienone is 1. The lowest BCUT2D eigenvalue weighted by molar-refractivity contribution is -0.113. The lowest BCUT2D eigenvalue weighted by Gasteiger charge is -2.16. The maximum Gasteiger partial charge on any atom is 0.234 e. The zero-order chi connectivity index (χ0) is 24.0. The van der Waals surface area contributed by atoms with Crippen molar-refractivity contribution in [3.8, 4) is 11.5 Å². The normalized spacial score (nSPS) is 11.7. The van der Waals surface area contributed by atoms with E-state index < -0.39 is 11.9 Å². The summed E-state index contributed by atoms with van der Waals surface area (Å²) in [4.78, 5) is 12.5. The average Bonchev–Trinajstić information content (AvgIpc) is 3.17. The first-order chi connectivity index (χ1) is 15.8. The van der Waals surface area contributed by atoms with Crippen molar-refractivity contribution in [3.63, 3.8) is 0 Å². The fourth-order valence-corrected chi connectivity index (χ4v) is 4.06. The molecule has 0 saturated heterocycles. The van der Waals surface area contributed by atoms with Crippen LogP contribution in [0, 0.1) is 5.82 Å². The molecule has 0 fully saturated rings. The van der Waals surface area contributed by atoms with Crippen molar-refractivity contribution < 1.29 is 18.7 Å². The minimum atomic E-state index is -0.542. The predicted molar refractivity (Wildman–Crippen MR) is 128 cm³/mol. The van der Waals surface area contributed by atoms with E-state index in [4.69, 9.17) is 32.7 Å². The second kappa shape index (κ2) is 11.4. The maximum atomic E-state index is 13.3. The number of nitrogens with one attached hydrogen (secondary N) is 1. The van der Waals surface area contributed by atoms with E-state index >= 15 is 0 Å². The Labute approximate surface area is 204 Å². The molecule has 7 nitrogen and oxygen atoms in total. The van der Waals surface area contributed by atoms with Crippen LogP contribution in [0.4, 0.5) is 10.1 Å². The van der Waals surface area contributed by atoms with Gasteiger partial charge < -0.3 is 14.8 Å². The number of thioether (sulfide) groups is 1. The highest BCUT2D eigenvalue weighted by atomic mass is 35.5. The molecule has 3 rings (SSSR count). The summed E-state index contributed by atoms with van der Waals surface area (Å²) >= 11 is 13.3.